The van der Waals surface area contributed by atoms with Gasteiger partial charge in [-0.25, -0.2) is 0 Å². The molecule has 0 saturated carbocycles. The van der Waals surface area contributed by atoms with Gasteiger partial charge in [-0.3, -0.25) is 10.1 Å². The average molecular weight is 199 g/mol. The SMILES string of the molecule is CCC(=O)Nc1noc(C(C)OC)n1. The van der Waals surface area contributed by atoms with E-state index in [0.29, 0.717) is 12.3 Å². The van der Waals surface area contributed by atoms with Crippen molar-refractivity contribution in [3.8, 4) is 0 Å². The number of aromatic nitrogens is 2. The van der Waals surface area contributed by atoms with E-state index in [4.69, 9.17) is 9.26 Å². The third-order valence-corrected chi connectivity index (χ3v) is 1.72. The smallest absolute Gasteiger partial charge is 0.270 e. The fraction of sp³-hybridized carbons (Fsp3) is 0.625. The van der Waals surface area contributed by atoms with E-state index in [1.54, 1.807) is 21.0 Å². The highest BCUT2D eigenvalue weighted by molar-refractivity contribution is 5.88. The molecule has 1 amide bonds. The number of methoxy groups -OCH3 is 1. The maximum absolute atomic E-state index is 11.0. The molecule has 1 atom stereocenters. The van der Waals surface area contributed by atoms with Crippen molar-refractivity contribution < 1.29 is 14.1 Å². The van der Waals surface area contributed by atoms with Crippen molar-refractivity contribution in [2.45, 2.75) is 26.4 Å². The number of hydrogen-bond acceptors (Lipinski definition) is 5. The number of anilines is 1. The van der Waals surface area contributed by atoms with Gasteiger partial charge in [0.05, 0.1) is 0 Å². The zero-order chi connectivity index (χ0) is 10.6. The Labute approximate surface area is 81.6 Å². The van der Waals surface area contributed by atoms with Crippen LogP contribution in [0.1, 0.15) is 32.3 Å². The van der Waals surface area contributed by atoms with Crippen molar-refractivity contribution in [2.24, 2.45) is 0 Å². The lowest BCUT2D eigenvalue weighted by Crippen LogP contribution is -2.10. The maximum atomic E-state index is 11.0. The van der Waals surface area contributed by atoms with Crippen LogP contribution >= 0.6 is 0 Å². The summed E-state index contributed by atoms with van der Waals surface area (Å²) >= 11 is 0. The van der Waals surface area contributed by atoms with Crippen LogP contribution in [0.5, 0.6) is 0 Å². The number of nitrogens with one attached hydrogen (secondary N) is 1. The molecule has 1 N–H and O–H groups in total. The summed E-state index contributed by atoms with van der Waals surface area (Å²) in [5.41, 5.74) is 0. The van der Waals surface area contributed by atoms with E-state index in [9.17, 15) is 4.79 Å². The molecule has 0 spiro atoms. The van der Waals surface area contributed by atoms with Gasteiger partial charge in [-0.05, 0) is 12.1 Å². The number of ether oxygens (including phenoxy) is 1. The van der Waals surface area contributed by atoms with Crippen LogP contribution in [0.15, 0.2) is 4.52 Å². The summed E-state index contributed by atoms with van der Waals surface area (Å²) in [6.07, 6.45) is 0.110. The van der Waals surface area contributed by atoms with Crippen molar-refractivity contribution >= 4 is 11.9 Å². The largest absolute Gasteiger partial charge is 0.372 e. The fourth-order valence-electron chi connectivity index (χ4n) is 0.765. The predicted octanol–water partition coefficient (Wildman–Crippen LogP) is 1.13. The molecule has 78 valence electrons. The summed E-state index contributed by atoms with van der Waals surface area (Å²) in [6, 6.07) is 0. The third-order valence-electron chi connectivity index (χ3n) is 1.72. The van der Waals surface area contributed by atoms with Crippen LogP contribution in [0.3, 0.4) is 0 Å². The Balaban J connectivity index is 2.63. The number of nitrogens with zero attached hydrogens (tertiary/aromatic N) is 2. The minimum absolute atomic E-state index is 0.151. The number of amides is 1. The van der Waals surface area contributed by atoms with Gasteiger partial charge in [0.1, 0.15) is 6.10 Å². The van der Waals surface area contributed by atoms with E-state index in [2.05, 4.69) is 15.5 Å². The second-order valence-corrected chi connectivity index (χ2v) is 2.74. The summed E-state index contributed by atoms with van der Waals surface area (Å²) in [5, 5.41) is 6.06. The molecule has 0 aliphatic carbocycles. The molecule has 0 bridgehead atoms. The summed E-state index contributed by atoms with van der Waals surface area (Å²) < 4.78 is 9.83. The van der Waals surface area contributed by atoms with Crippen LogP contribution < -0.4 is 5.32 Å². The molecule has 0 aliphatic rings. The molecule has 6 nitrogen and oxygen atoms in total. The summed E-state index contributed by atoms with van der Waals surface area (Å²) in [5.74, 6) is 0.372. The molecular formula is C8H13N3O3. The van der Waals surface area contributed by atoms with Crippen molar-refractivity contribution in [3.63, 3.8) is 0 Å². The van der Waals surface area contributed by atoms with E-state index in [1.807, 2.05) is 0 Å². The Morgan fingerprint density at radius 2 is 2.43 bits per heavy atom. The molecule has 6 heteroatoms. The van der Waals surface area contributed by atoms with Crippen molar-refractivity contribution in [1.82, 2.24) is 10.1 Å². The first-order valence-corrected chi connectivity index (χ1v) is 4.33. The van der Waals surface area contributed by atoms with Crippen molar-refractivity contribution in [2.75, 3.05) is 12.4 Å². The highest BCUT2D eigenvalue weighted by Gasteiger charge is 2.13. The molecule has 0 fully saturated rings. The van der Waals surface area contributed by atoms with E-state index < -0.39 is 0 Å². The first-order valence-electron chi connectivity index (χ1n) is 4.33. The molecule has 1 rings (SSSR count). The first-order chi connectivity index (χ1) is 6.67. The van der Waals surface area contributed by atoms with Crippen LogP contribution in [0.25, 0.3) is 0 Å². The van der Waals surface area contributed by atoms with Gasteiger partial charge < -0.3 is 9.26 Å². The summed E-state index contributed by atoms with van der Waals surface area (Å²) in [6.45, 7) is 3.52. The molecule has 0 radical (unpaired) electrons. The molecule has 1 unspecified atom stereocenters. The highest BCUT2D eigenvalue weighted by Crippen LogP contribution is 2.14. The van der Waals surface area contributed by atoms with Gasteiger partial charge in [0.25, 0.3) is 11.8 Å². The Kier molecular flexibility index (Phi) is 3.58. The van der Waals surface area contributed by atoms with Crippen molar-refractivity contribution in [3.05, 3.63) is 5.89 Å². The summed E-state index contributed by atoms with van der Waals surface area (Å²) in [4.78, 5) is 14.9. The second-order valence-electron chi connectivity index (χ2n) is 2.74. The zero-order valence-electron chi connectivity index (χ0n) is 8.40. The molecule has 0 aliphatic heterocycles. The second kappa shape index (κ2) is 4.71. The van der Waals surface area contributed by atoms with E-state index >= 15 is 0 Å². The third kappa shape index (κ3) is 2.53. The van der Waals surface area contributed by atoms with Crippen LogP contribution in [0, 0.1) is 0 Å². The molecule has 14 heavy (non-hydrogen) atoms. The van der Waals surface area contributed by atoms with Crippen LogP contribution in [-0.4, -0.2) is 23.2 Å². The van der Waals surface area contributed by atoms with Crippen LogP contribution in [0.2, 0.25) is 0 Å². The lowest BCUT2D eigenvalue weighted by atomic mass is 10.4. The van der Waals surface area contributed by atoms with Gasteiger partial charge in [0.2, 0.25) is 5.91 Å². The van der Waals surface area contributed by atoms with Gasteiger partial charge in [-0.15, -0.1) is 0 Å². The lowest BCUT2D eigenvalue weighted by Gasteiger charge is -2.00. The zero-order valence-corrected chi connectivity index (χ0v) is 8.40. The van der Waals surface area contributed by atoms with Crippen LogP contribution in [0.4, 0.5) is 5.95 Å². The fourth-order valence-corrected chi connectivity index (χ4v) is 0.765. The standard InChI is InChI=1S/C8H13N3O3/c1-4-6(12)9-8-10-7(14-11-8)5(2)13-3/h5H,4H2,1-3H3,(H,9,11,12). The molecule has 1 aromatic rings. The topological polar surface area (TPSA) is 77.2 Å². The highest BCUT2D eigenvalue weighted by atomic mass is 16.5. The Hall–Kier alpha value is -1.43. The number of rotatable bonds is 4. The minimum atomic E-state index is -0.269. The molecule has 1 heterocycles. The van der Waals surface area contributed by atoms with Gasteiger partial charge in [0, 0.05) is 13.5 Å². The normalized spacial score (nSPS) is 12.5. The van der Waals surface area contributed by atoms with E-state index in [-0.39, 0.29) is 18.0 Å². The predicted molar refractivity (Wildman–Crippen MR) is 48.6 cm³/mol. The molecular weight excluding hydrogens is 186 g/mol. The van der Waals surface area contributed by atoms with Gasteiger partial charge >= 0.3 is 0 Å². The van der Waals surface area contributed by atoms with E-state index in [0.717, 1.165) is 0 Å². The van der Waals surface area contributed by atoms with Crippen molar-refractivity contribution in [1.29, 1.82) is 0 Å². The average Bonchev–Trinajstić information content (AvgIpc) is 2.65. The number of carbonyl (C=O) groups is 1. The molecule has 0 aromatic carbocycles. The number of carbonyl (C=O) groups excluding carboxylic acids is 1. The molecule has 1 aromatic heterocycles. The minimum Gasteiger partial charge on any atom is -0.372 e. The van der Waals surface area contributed by atoms with Gasteiger partial charge in [-0.2, -0.15) is 4.98 Å². The Morgan fingerprint density at radius 1 is 1.71 bits per heavy atom. The lowest BCUT2D eigenvalue weighted by molar-refractivity contribution is -0.115. The maximum Gasteiger partial charge on any atom is 0.270 e. The van der Waals surface area contributed by atoms with E-state index in [1.165, 1.54) is 0 Å². The van der Waals surface area contributed by atoms with Gasteiger partial charge in [0.15, 0.2) is 0 Å². The Morgan fingerprint density at radius 3 is 3.00 bits per heavy atom. The Bertz CT molecular complexity index is 311. The quantitative estimate of drug-likeness (QED) is 0.786. The molecule has 0 saturated heterocycles. The monoisotopic (exact) mass is 199 g/mol. The first kappa shape index (κ1) is 10.6. The number of hydrogen-bond donors (Lipinski definition) is 1. The summed E-state index contributed by atoms with van der Waals surface area (Å²) in [7, 11) is 1.54. The van der Waals surface area contributed by atoms with Gasteiger partial charge in [-0.1, -0.05) is 6.92 Å². The van der Waals surface area contributed by atoms with Crippen LogP contribution in [-0.2, 0) is 9.53 Å².